The molecule has 0 aliphatic carbocycles. The van der Waals surface area contributed by atoms with Crippen LogP contribution in [0, 0.1) is 0 Å². The Morgan fingerprint density at radius 2 is 0.875 bits per heavy atom. The van der Waals surface area contributed by atoms with Gasteiger partial charge >= 0.3 is 0 Å². The highest BCUT2D eigenvalue weighted by Gasteiger charge is 2.44. The second-order valence-electron chi connectivity index (χ2n) is 20.7. The monoisotopic (exact) mass is 1020 g/mol. The number of amides is 1. The van der Waals surface area contributed by atoms with Gasteiger partial charge < -0.3 is 50.5 Å². The minimum atomic E-state index is -1.68. The molecule has 0 spiro atoms. The number of rotatable bonds is 50. The molecule has 9 unspecified atom stereocenters. The highest BCUT2D eigenvalue weighted by atomic mass is 16.7. The van der Waals surface area contributed by atoms with Crippen molar-refractivity contribution in [3.8, 4) is 0 Å². The largest absolute Gasteiger partial charge is 0.394 e. The first-order chi connectivity index (χ1) is 35.2. The van der Waals surface area contributed by atoms with Crippen LogP contribution in [0.1, 0.15) is 251 Å². The average molecular weight is 1020 g/mol. The number of nitrogens with one attached hydrogen (secondary N) is 1. The van der Waals surface area contributed by atoms with E-state index < -0.39 is 74.2 Å². The van der Waals surface area contributed by atoms with Gasteiger partial charge in [-0.1, -0.05) is 216 Å². The van der Waals surface area contributed by atoms with E-state index in [4.69, 9.17) is 9.47 Å². The van der Waals surface area contributed by atoms with Crippen LogP contribution in [0.25, 0.3) is 0 Å². The Hall–Kier alpha value is -2.19. The standard InChI is InChI=1S/C61H111NO10/c1-3-5-7-9-11-13-15-17-19-21-22-23-24-25-26-27-28-29-30-31-32-33-35-36-38-40-42-44-46-48-53(64)56(66)52(51-71-61-59(69)58(68)57(67)55(50-63)72-61)62-60(70)54(65)49-47-45-43-41-39-37-34-20-18-16-14-12-10-8-6-4-2/h12,14,18,20,29-30,33,35,40,42,52-59,61,63-69H,3-11,13,15-17,19,21-28,31-32,34,36-39,41,43-51H2,1-2H3,(H,62,70)/b14-12-,20-18-,30-29+,35-33+,42-40+. The summed E-state index contributed by atoms with van der Waals surface area (Å²) < 4.78 is 11.1. The molecule has 11 heteroatoms. The summed E-state index contributed by atoms with van der Waals surface area (Å²) in [6.45, 7) is 3.41. The van der Waals surface area contributed by atoms with Crippen molar-refractivity contribution in [2.24, 2.45) is 0 Å². The van der Waals surface area contributed by atoms with E-state index in [0.717, 1.165) is 77.0 Å². The summed E-state index contributed by atoms with van der Waals surface area (Å²) >= 11 is 0. The molecule has 420 valence electrons. The molecule has 1 heterocycles. The molecule has 9 atom stereocenters. The lowest BCUT2D eigenvalue weighted by molar-refractivity contribution is -0.303. The van der Waals surface area contributed by atoms with E-state index in [1.807, 2.05) is 0 Å². The smallest absolute Gasteiger partial charge is 0.249 e. The van der Waals surface area contributed by atoms with Crippen LogP contribution in [0.3, 0.4) is 0 Å². The van der Waals surface area contributed by atoms with Gasteiger partial charge in [0.15, 0.2) is 6.29 Å². The maximum atomic E-state index is 13.2. The predicted molar refractivity (Wildman–Crippen MR) is 298 cm³/mol. The summed E-state index contributed by atoms with van der Waals surface area (Å²) in [6, 6.07) is -1.20. The quantitative estimate of drug-likeness (QED) is 0.0215. The van der Waals surface area contributed by atoms with Crippen LogP contribution in [-0.4, -0.2) is 110 Å². The molecule has 0 aromatic heterocycles. The van der Waals surface area contributed by atoms with Crippen LogP contribution < -0.4 is 5.32 Å². The normalized spacial score (nSPS) is 20.5. The van der Waals surface area contributed by atoms with Gasteiger partial charge in [0.25, 0.3) is 0 Å². The number of unbranched alkanes of at least 4 members (excludes halogenated alkanes) is 28. The minimum absolute atomic E-state index is 0.235. The second-order valence-corrected chi connectivity index (χ2v) is 20.7. The molecule has 1 amide bonds. The number of carbonyl (C=O) groups excluding carboxylic acids is 1. The highest BCUT2D eigenvalue weighted by molar-refractivity contribution is 5.80. The summed E-state index contributed by atoms with van der Waals surface area (Å²) in [5.74, 6) is -0.722. The van der Waals surface area contributed by atoms with Crippen LogP contribution in [-0.2, 0) is 14.3 Å². The molecule has 1 saturated heterocycles. The SMILES string of the molecule is CCCCC/C=C\C/C=C\CCCCCCCCC(O)C(=O)NC(COC1OC(CO)C(O)C(O)C1O)C(O)C(O)CCC/C=C/CC/C=C/CC/C=C/CCCCCCCCCCCCCCCCCC. The molecular formula is C61H111NO10. The first-order valence-corrected chi connectivity index (χ1v) is 29.7. The van der Waals surface area contributed by atoms with E-state index in [9.17, 15) is 40.5 Å². The summed E-state index contributed by atoms with van der Waals surface area (Å²) in [6.07, 6.45) is 52.9. The molecule has 0 bridgehead atoms. The molecule has 0 aromatic rings. The zero-order chi connectivity index (χ0) is 52.5. The Morgan fingerprint density at radius 3 is 1.35 bits per heavy atom. The van der Waals surface area contributed by atoms with Gasteiger partial charge in [0.2, 0.25) is 5.91 Å². The highest BCUT2D eigenvalue weighted by Crippen LogP contribution is 2.23. The fourth-order valence-corrected chi connectivity index (χ4v) is 9.15. The van der Waals surface area contributed by atoms with Gasteiger partial charge in [-0.05, 0) is 96.3 Å². The van der Waals surface area contributed by atoms with Gasteiger partial charge in [-0.15, -0.1) is 0 Å². The predicted octanol–water partition coefficient (Wildman–Crippen LogP) is 12.6. The van der Waals surface area contributed by atoms with E-state index >= 15 is 0 Å². The number of allylic oxidation sites excluding steroid dienone is 10. The Morgan fingerprint density at radius 1 is 0.486 bits per heavy atom. The fourth-order valence-electron chi connectivity index (χ4n) is 9.15. The Bertz CT molecular complexity index is 1350. The Balaban J connectivity index is 2.32. The van der Waals surface area contributed by atoms with Crippen molar-refractivity contribution >= 4 is 5.91 Å². The summed E-state index contributed by atoms with van der Waals surface area (Å²) in [4.78, 5) is 13.2. The minimum Gasteiger partial charge on any atom is -0.394 e. The molecular weight excluding hydrogens is 907 g/mol. The molecule has 8 N–H and O–H groups in total. The first kappa shape index (κ1) is 67.8. The lowest BCUT2D eigenvalue weighted by Gasteiger charge is -2.40. The van der Waals surface area contributed by atoms with Crippen molar-refractivity contribution in [1.29, 1.82) is 0 Å². The van der Waals surface area contributed by atoms with Crippen molar-refractivity contribution in [2.75, 3.05) is 13.2 Å². The van der Waals surface area contributed by atoms with Crippen LogP contribution in [0.5, 0.6) is 0 Å². The number of aliphatic hydroxyl groups excluding tert-OH is 7. The van der Waals surface area contributed by atoms with Crippen LogP contribution in [0.2, 0.25) is 0 Å². The van der Waals surface area contributed by atoms with Crippen LogP contribution in [0.4, 0.5) is 0 Å². The Labute approximate surface area is 440 Å². The molecule has 11 nitrogen and oxygen atoms in total. The van der Waals surface area contributed by atoms with Gasteiger partial charge in [0, 0.05) is 0 Å². The topological polar surface area (TPSA) is 189 Å². The van der Waals surface area contributed by atoms with E-state index in [1.54, 1.807) is 0 Å². The maximum absolute atomic E-state index is 13.2. The maximum Gasteiger partial charge on any atom is 0.249 e. The van der Waals surface area contributed by atoms with E-state index in [2.05, 4.69) is 79.9 Å². The average Bonchev–Trinajstić information content (AvgIpc) is 3.38. The molecule has 0 aromatic carbocycles. The van der Waals surface area contributed by atoms with Crippen molar-refractivity contribution < 1.29 is 50.0 Å². The van der Waals surface area contributed by atoms with Gasteiger partial charge in [0.05, 0.1) is 25.4 Å². The number of hydrogen-bond donors (Lipinski definition) is 8. The van der Waals surface area contributed by atoms with E-state index in [0.29, 0.717) is 19.3 Å². The lowest BCUT2D eigenvalue weighted by Crippen LogP contribution is -2.60. The fraction of sp³-hybridized carbons (Fsp3) is 0.820. The molecule has 0 radical (unpaired) electrons. The molecule has 1 aliphatic heterocycles. The second kappa shape index (κ2) is 49.7. The van der Waals surface area contributed by atoms with E-state index in [-0.39, 0.29) is 12.8 Å². The zero-order valence-corrected chi connectivity index (χ0v) is 45.9. The molecule has 1 fully saturated rings. The van der Waals surface area contributed by atoms with Crippen molar-refractivity contribution in [2.45, 2.75) is 306 Å². The third-order valence-corrected chi connectivity index (χ3v) is 14.0. The number of aliphatic hydroxyl groups is 7. The first-order valence-electron chi connectivity index (χ1n) is 29.7. The molecule has 1 aliphatic rings. The molecule has 0 saturated carbocycles. The van der Waals surface area contributed by atoms with E-state index in [1.165, 1.54) is 128 Å². The lowest BCUT2D eigenvalue weighted by atomic mass is 9.98. The van der Waals surface area contributed by atoms with Crippen molar-refractivity contribution in [3.05, 3.63) is 60.8 Å². The number of ether oxygens (including phenoxy) is 2. The summed E-state index contributed by atoms with van der Waals surface area (Å²) in [7, 11) is 0. The van der Waals surface area contributed by atoms with Gasteiger partial charge in [-0.3, -0.25) is 4.79 Å². The zero-order valence-electron chi connectivity index (χ0n) is 45.9. The van der Waals surface area contributed by atoms with Crippen molar-refractivity contribution in [3.63, 3.8) is 0 Å². The Kier molecular flexibility index (Phi) is 46.8. The van der Waals surface area contributed by atoms with Gasteiger partial charge in [-0.25, -0.2) is 0 Å². The molecule has 1 rings (SSSR count). The number of carbonyl (C=O) groups is 1. The van der Waals surface area contributed by atoms with Crippen molar-refractivity contribution in [1.82, 2.24) is 5.32 Å². The third kappa shape index (κ3) is 37.5. The summed E-state index contributed by atoms with van der Waals surface area (Å²) in [5, 5.41) is 76.1. The van der Waals surface area contributed by atoms with Gasteiger partial charge in [-0.2, -0.15) is 0 Å². The number of hydrogen-bond acceptors (Lipinski definition) is 10. The van der Waals surface area contributed by atoms with Gasteiger partial charge in [0.1, 0.15) is 36.6 Å². The third-order valence-electron chi connectivity index (χ3n) is 14.0. The van der Waals surface area contributed by atoms with Crippen LogP contribution in [0.15, 0.2) is 60.8 Å². The van der Waals surface area contributed by atoms with Crippen LogP contribution >= 0.6 is 0 Å². The molecule has 72 heavy (non-hydrogen) atoms. The summed E-state index contributed by atoms with van der Waals surface area (Å²) in [5.41, 5.74) is 0.